The molecule has 0 saturated carbocycles. The maximum absolute atomic E-state index is 12.2. The molecule has 0 spiro atoms. The van der Waals surface area contributed by atoms with Gasteiger partial charge in [0.25, 0.3) is 0 Å². The number of carbonyl (C=O) groups excluding carboxylic acids is 1. The first kappa shape index (κ1) is 17.5. The summed E-state index contributed by atoms with van der Waals surface area (Å²) in [6.45, 7) is 1.06. The minimum Gasteiger partial charge on any atom is -0.490 e. The van der Waals surface area contributed by atoms with E-state index in [0.29, 0.717) is 24.5 Å². The number of hydrogen-bond acceptors (Lipinski definition) is 4. The Morgan fingerprint density at radius 3 is 2.04 bits per heavy atom. The molecule has 0 fully saturated rings. The highest BCUT2D eigenvalue weighted by atomic mass is 16.5. The van der Waals surface area contributed by atoms with E-state index in [4.69, 9.17) is 14.2 Å². The second kappa shape index (κ2) is 9.28. The van der Waals surface area contributed by atoms with E-state index in [0.717, 1.165) is 11.3 Å². The molecule has 3 aromatic rings. The van der Waals surface area contributed by atoms with E-state index in [9.17, 15) is 4.79 Å². The zero-order valence-corrected chi connectivity index (χ0v) is 14.3. The van der Waals surface area contributed by atoms with Gasteiger partial charge in [-0.3, -0.25) is 0 Å². The molecule has 4 nitrogen and oxygen atoms in total. The van der Waals surface area contributed by atoms with Crippen LogP contribution in [0.5, 0.6) is 11.5 Å². The lowest BCUT2D eigenvalue weighted by Gasteiger charge is -2.09. The van der Waals surface area contributed by atoms with Gasteiger partial charge in [-0.05, 0) is 35.9 Å². The van der Waals surface area contributed by atoms with Gasteiger partial charge < -0.3 is 14.2 Å². The summed E-state index contributed by atoms with van der Waals surface area (Å²) >= 11 is 0. The van der Waals surface area contributed by atoms with Gasteiger partial charge in [-0.25, -0.2) is 4.79 Å². The van der Waals surface area contributed by atoms with E-state index >= 15 is 0 Å². The number of benzene rings is 3. The van der Waals surface area contributed by atoms with Crippen LogP contribution in [0.1, 0.15) is 15.9 Å². The molecule has 0 saturated heterocycles. The van der Waals surface area contributed by atoms with Crippen LogP contribution in [0.4, 0.5) is 0 Å². The van der Waals surface area contributed by atoms with Crippen molar-refractivity contribution in [2.45, 2.75) is 6.61 Å². The van der Waals surface area contributed by atoms with E-state index < -0.39 is 0 Å². The van der Waals surface area contributed by atoms with Gasteiger partial charge in [0.2, 0.25) is 0 Å². The molecule has 26 heavy (non-hydrogen) atoms. The molecule has 4 heteroatoms. The van der Waals surface area contributed by atoms with E-state index in [1.54, 1.807) is 24.3 Å². The van der Waals surface area contributed by atoms with Crippen molar-refractivity contribution in [3.05, 3.63) is 96.1 Å². The summed E-state index contributed by atoms with van der Waals surface area (Å²) in [4.78, 5) is 12.2. The average Bonchev–Trinajstić information content (AvgIpc) is 2.71. The highest BCUT2D eigenvalue weighted by Crippen LogP contribution is 2.15. The molecule has 0 heterocycles. The van der Waals surface area contributed by atoms with Gasteiger partial charge in [-0.15, -0.1) is 0 Å². The molecular formula is C22H20O4. The Morgan fingerprint density at radius 1 is 0.692 bits per heavy atom. The summed E-state index contributed by atoms with van der Waals surface area (Å²) in [5, 5.41) is 0. The zero-order chi connectivity index (χ0) is 18.0. The van der Waals surface area contributed by atoms with Crippen LogP contribution >= 0.6 is 0 Å². The van der Waals surface area contributed by atoms with Crippen LogP contribution in [-0.2, 0) is 11.3 Å². The Morgan fingerprint density at radius 2 is 1.31 bits per heavy atom. The molecule has 0 aliphatic heterocycles. The maximum atomic E-state index is 12.2. The first-order chi connectivity index (χ1) is 12.8. The van der Waals surface area contributed by atoms with Gasteiger partial charge >= 0.3 is 5.97 Å². The fraction of sp³-hybridized carbons (Fsp3) is 0.136. The molecular weight excluding hydrogens is 328 g/mol. The van der Waals surface area contributed by atoms with Gasteiger partial charge in [0.05, 0.1) is 5.56 Å². The smallest absolute Gasteiger partial charge is 0.338 e. The van der Waals surface area contributed by atoms with Gasteiger partial charge in [-0.1, -0.05) is 54.6 Å². The van der Waals surface area contributed by atoms with Crippen molar-refractivity contribution in [2.24, 2.45) is 0 Å². The number of carbonyl (C=O) groups is 1. The molecule has 3 rings (SSSR count). The van der Waals surface area contributed by atoms with Crippen molar-refractivity contribution in [2.75, 3.05) is 13.2 Å². The molecule has 3 aromatic carbocycles. The third kappa shape index (κ3) is 5.38. The second-order valence-corrected chi connectivity index (χ2v) is 5.60. The third-order valence-electron chi connectivity index (χ3n) is 3.65. The number of esters is 1. The van der Waals surface area contributed by atoms with Crippen LogP contribution < -0.4 is 9.47 Å². The third-order valence-corrected chi connectivity index (χ3v) is 3.65. The summed E-state index contributed by atoms with van der Waals surface area (Å²) in [5.74, 6) is 1.03. The SMILES string of the molecule is O=C(OCc1ccccc1)c1cccc(OCCOc2ccccc2)c1. The minimum absolute atomic E-state index is 0.246. The topological polar surface area (TPSA) is 44.8 Å². The van der Waals surface area contributed by atoms with Crippen LogP contribution in [0.25, 0.3) is 0 Å². The molecule has 0 unspecified atom stereocenters. The van der Waals surface area contributed by atoms with Crippen LogP contribution in [0, 0.1) is 0 Å². The monoisotopic (exact) mass is 348 g/mol. The predicted octanol–water partition coefficient (Wildman–Crippen LogP) is 4.50. The normalized spacial score (nSPS) is 10.2. The van der Waals surface area contributed by atoms with E-state index in [1.807, 2.05) is 60.7 Å². The van der Waals surface area contributed by atoms with Gasteiger partial charge in [0, 0.05) is 0 Å². The van der Waals surface area contributed by atoms with Gasteiger partial charge in [0.15, 0.2) is 0 Å². The number of ether oxygens (including phenoxy) is 3. The molecule has 132 valence electrons. The molecule has 0 amide bonds. The summed E-state index contributed by atoms with van der Waals surface area (Å²) in [5.41, 5.74) is 1.41. The lowest BCUT2D eigenvalue weighted by molar-refractivity contribution is 0.0472. The van der Waals surface area contributed by atoms with Crippen molar-refractivity contribution in [1.29, 1.82) is 0 Å². The van der Waals surface area contributed by atoms with Crippen molar-refractivity contribution < 1.29 is 19.0 Å². The Balaban J connectivity index is 1.47. The fourth-order valence-electron chi connectivity index (χ4n) is 2.36. The molecule has 0 aromatic heterocycles. The highest BCUT2D eigenvalue weighted by Gasteiger charge is 2.08. The summed E-state index contributed by atoms with van der Waals surface area (Å²) in [6, 6.07) is 26.1. The fourth-order valence-corrected chi connectivity index (χ4v) is 2.36. The molecule has 0 aliphatic rings. The Hall–Kier alpha value is -3.27. The Kier molecular flexibility index (Phi) is 6.26. The van der Waals surface area contributed by atoms with Crippen molar-refractivity contribution >= 4 is 5.97 Å². The molecule has 0 atom stereocenters. The van der Waals surface area contributed by atoms with Crippen LogP contribution in [-0.4, -0.2) is 19.2 Å². The van der Waals surface area contributed by atoms with Gasteiger partial charge in [-0.2, -0.15) is 0 Å². The quantitative estimate of drug-likeness (QED) is 0.444. The first-order valence-corrected chi connectivity index (χ1v) is 8.43. The summed E-state index contributed by atoms with van der Waals surface area (Å²) in [6.07, 6.45) is 0. The molecule has 0 radical (unpaired) electrons. The number of hydrogen-bond donors (Lipinski definition) is 0. The van der Waals surface area contributed by atoms with E-state index in [1.165, 1.54) is 0 Å². The Bertz CT molecular complexity index is 816. The van der Waals surface area contributed by atoms with Crippen molar-refractivity contribution in [1.82, 2.24) is 0 Å². The van der Waals surface area contributed by atoms with Crippen molar-refractivity contribution in [3.63, 3.8) is 0 Å². The van der Waals surface area contributed by atoms with Crippen LogP contribution in [0.3, 0.4) is 0 Å². The van der Waals surface area contributed by atoms with Gasteiger partial charge in [0.1, 0.15) is 31.3 Å². The molecule has 0 aliphatic carbocycles. The van der Waals surface area contributed by atoms with Crippen LogP contribution in [0.2, 0.25) is 0 Å². The minimum atomic E-state index is -0.375. The summed E-state index contributed by atoms with van der Waals surface area (Å²) in [7, 11) is 0. The predicted molar refractivity (Wildman–Crippen MR) is 99.4 cm³/mol. The van der Waals surface area contributed by atoms with Crippen LogP contribution in [0.15, 0.2) is 84.9 Å². The average molecular weight is 348 g/mol. The summed E-state index contributed by atoms with van der Waals surface area (Å²) < 4.78 is 16.6. The molecule has 0 bridgehead atoms. The highest BCUT2D eigenvalue weighted by molar-refractivity contribution is 5.89. The lowest BCUT2D eigenvalue weighted by atomic mass is 10.2. The molecule has 0 N–H and O–H groups in total. The van der Waals surface area contributed by atoms with E-state index in [-0.39, 0.29) is 12.6 Å². The second-order valence-electron chi connectivity index (χ2n) is 5.60. The number of para-hydroxylation sites is 1. The maximum Gasteiger partial charge on any atom is 0.338 e. The van der Waals surface area contributed by atoms with Crippen molar-refractivity contribution in [3.8, 4) is 11.5 Å². The van der Waals surface area contributed by atoms with E-state index in [2.05, 4.69) is 0 Å². The Labute approximate surface area is 153 Å². The lowest BCUT2D eigenvalue weighted by Crippen LogP contribution is -2.10. The standard InChI is InChI=1S/C22H20O4/c23-22(26-17-18-8-3-1-4-9-18)19-10-7-13-21(16-19)25-15-14-24-20-11-5-2-6-12-20/h1-13,16H,14-15,17H2. The zero-order valence-electron chi connectivity index (χ0n) is 14.3. The first-order valence-electron chi connectivity index (χ1n) is 8.43. The largest absolute Gasteiger partial charge is 0.490 e. The number of rotatable bonds is 8.